The summed E-state index contributed by atoms with van der Waals surface area (Å²) in [5, 5.41) is 0.763. The lowest BCUT2D eigenvalue weighted by atomic mass is 10.2. The molecule has 1 aliphatic heterocycles. The van der Waals surface area contributed by atoms with Crippen LogP contribution in [0.5, 0.6) is 0 Å². The third-order valence-electron chi connectivity index (χ3n) is 4.54. The number of carbonyl (C=O) groups is 1. The second-order valence-corrected chi connectivity index (χ2v) is 7.77. The molecule has 2 heterocycles. The van der Waals surface area contributed by atoms with Crippen molar-refractivity contribution in [2.24, 2.45) is 5.73 Å². The smallest absolute Gasteiger partial charge is 0.234 e. The Morgan fingerprint density at radius 2 is 1.83 bits per heavy atom. The SMILES string of the molecule is CC(C(N)=O)N1CCN(Cc2ccc(-c3ccc(Cl)cc3)s2)CC1. The summed E-state index contributed by atoms with van der Waals surface area (Å²) in [6, 6.07) is 12.2. The van der Waals surface area contributed by atoms with Gasteiger partial charge in [0, 0.05) is 47.5 Å². The van der Waals surface area contributed by atoms with E-state index in [0.717, 1.165) is 37.7 Å². The molecule has 2 N–H and O–H groups in total. The monoisotopic (exact) mass is 363 g/mol. The van der Waals surface area contributed by atoms with Crippen molar-refractivity contribution in [1.29, 1.82) is 0 Å². The summed E-state index contributed by atoms with van der Waals surface area (Å²) in [7, 11) is 0. The van der Waals surface area contributed by atoms with Crippen LogP contribution in [-0.2, 0) is 11.3 Å². The maximum absolute atomic E-state index is 11.3. The van der Waals surface area contributed by atoms with E-state index in [1.54, 1.807) is 0 Å². The number of rotatable bonds is 5. The highest BCUT2D eigenvalue weighted by molar-refractivity contribution is 7.15. The summed E-state index contributed by atoms with van der Waals surface area (Å²) in [5.41, 5.74) is 6.60. The average Bonchev–Trinajstić information content (AvgIpc) is 3.04. The van der Waals surface area contributed by atoms with Crippen molar-refractivity contribution in [3.63, 3.8) is 0 Å². The van der Waals surface area contributed by atoms with E-state index in [-0.39, 0.29) is 11.9 Å². The van der Waals surface area contributed by atoms with Gasteiger partial charge in [-0.3, -0.25) is 14.6 Å². The van der Waals surface area contributed by atoms with Crippen LogP contribution in [0.25, 0.3) is 10.4 Å². The molecule has 2 aromatic rings. The Kier molecular flexibility index (Phi) is 5.56. The Morgan fingerprint density at radius 1 is 1.17 bits per heavy atom. The maximum Gasteiger partial charge on any atom is 0.234 e. The van der Waals surface area contributed by atoms with Crippen molar-refractivity contribution in [2.75, 3.05) is 26.2 Å². The van der Waals surface area contributed by atoms with E-state index < -0.39 is 0 Å². The molecule has 0 radical (unpaired) electrons. The van der Waals surface area contributed by atoms with Gasteiger partial charge >= 0.3 is 0 Å². The molecule has 0 aliphatic carbocycles. The molecule has 6 heteroatoms. The Bertz CT molecular complexity index is 693. The van der Waals surface area contributed by atoms with Crippen molar-refractivity contribution in [2.45, 2.75) is 19.5 Å². The minimum atomic E-state index is -0.241. The molecule has 1 fully saturated rings. The van der Waals surface area contributed by atoms with E-state index in [1.165, 1.54) is 15.3 Å². The molecule has 1 aliphatic rings. The van der Waals surface area contributed by atoms with Crippen molar-refractivity contribution in [3.05, 3.63) is 46.3 Å². The molecule has 24 heavy (non-hydrogen) atoms. The molecule has 0 bridgehead atoms. The van der Waals surface area contributed by atoms with Crippen LogP contribution in [0, 0.1) is 0 Å². The molecule has 0 spiro atoms. The highest BCUT2D eigenvalue weighted by Crippen LogP contribution is 2.29. The fourth-order valence-electron chi connectivity index (χ4n) is 2.94. The minimum absolute atomic E-state index is 0.176. The fourth-order valence-corrected chi connectivity index (χ4v) is 4.12. The number of hydrogen-bond acceptors (Lipinski definition) is 4. The van der Waals surface area contributed by atoms with E-state index >= 15 is 0 Å². The second-order valence-electron chi connectivity index (χ2n) is 6.16. The maximum atomic E-state index is 11.3. The number of nitrogens with zero attached hydrogens (tertiary/aromatic N) is 2. The third-order valence-corrected chi connectivity index (χ3v) is 5.91. The summed E-state index contributed by atoms with van der Waals surface area (Å²) in [5.74, 6) is -0.241. The van der Waals surface area contributed by atoms with Crippen molar-refractivity contribution < 1.29 is 4.79 Å². The molecule has 3 rings (SSSR count). The average molecular weight is 364 g/mol. The number of nitrogens with two attached hydrogens (primary N) is 1. The van der Waals surface area contributed by atoms with Gasteiger partial charge in [0.05, 0.1) is 6.04 Å². The normalized spacial score (nSPS) is 17.8. The fraction of sp³-hybridized carbons (Fsp3) is 0.389. The topological polar surface area (TPSA) is 49.6 Å². The number of amides is 1. The highest BCUT2D eigenvalue weighted by atomic mass is 35.5. The molecule has 1 aromatic carbocycles. The number of halogens is 1. The molecule has 0 saturated carbocycles. The van der Waals surface area contributed by atoms with Crippen LogP contribution >= 0.6 is 22.9 Å². The van der Waals surface area contributed by atoms with Crippen LogP contribution in [0.2, 0.25) is 5.02 Å². The van der Waals surface area contributed by atoms with Crippen molar-refractivity contribution in [3.8, 4) is 10.4 Å². The molecule has 1 aromatic heterocycles. The third kappa shape index (κ3) is 4.16. The van der Waals surface area contributed by atoms with Gasteiger partial charge < -0.3 is 5.73 Å². The first kappa shape index (κ1) is 17.4. The van der Waals surface area contributed by atoms with Crippen molar-refractivity contribution >= 4 is 28.8 Å². The van der Waals surface area contributed by atoms with E-state index in [0.29, 0.717) is 0 Å². The molecule has 1 unspecified atom stereocenters. The number of piperazine rings is 1. The summed E-state index contributed by atoms with van der Waals surface area (Å²) >= 11 is 7.78. The van der Waals surface area contributed by atoms with Gasteiger partial charge in [-0.1, -0.05) is 23.7 Å². The molecule has 1 saturated heterocycles. The zero-order valence-electron chi connectivity index (χ0n) is 13.7. The number of thiophene rings is 1. The number of primary amides is 1. The summed E-state index contributed by atoms with van der Waals surface area (Å²) in [6.07, 6.45) is 0. The summed E-state index contributed by atoms with van der Waals surface area (Å²) in [4.78, 5) is 18.5. The zero-order chi connectivity index (χ0) is 17.1. The van der Waals surface area contributed by atoms with E-state index in [4.69, 9.17) is 17.3 Å². The lowest BCUT2D eigenvalue weighted by Gasteiger charge is -2.36. The first-order chi connectivity index (χ1) is 11.5. The van der Waals surface area contributed by atoms with Crippen LogP contribution in [0.3, 0.4) is 0 Å². The molecular weight excluding hydrogens is 342 g/mol. The summed E-state index contributed by atoms with van der Waals surface area (Å²) in [6.45, 7) is 6.54. The lowest BCUT2D eigenvalue weighted by molar-refractivity contribution is -0.123. The van der Waals surface area contributed by atoms with Gasteiger partial charge in [0.15, 0.2) is 0 Å². The van der Waals surface area contributed by atoms with E-state index in [2.05, 4.69) is 34.1 Å². The van der Waals surface area contributed by atoms with Crippen LogP contribution in [0.4, 0.5) is 0 Å². The van der Waals surface area contributed by atoms with Gasteiger partial charge in [-0.2, -0.15) is 0 Å². The van der Waals surface area contributed by atoms with Crippen LogP contribution in [0.1, 0.15) is 11.8 Å². The predicted octanol–water partition coefficient (Wildman–Crippen LogP) is 3.06. The van der Waals surface area contributed by atoms with Gasteiger partial charge in [0.25, 0.3) is 0 Å². The Labute approximate surface area is 151 Å². The minimum Gasteiger partial charge on any atom is -0.368 e. The van der Waals surface area contributed by atoms with Crippen molar-refractivity contribution in [1.82, 2.24) is 9.80 Å². The summed E-state index contributed by atoms with van der Waals surface area (Å²) < 4.78 is 0. The highest BCUT2D eigenvalue weighted by Gasteiger charge is 2.24. The number of carbonyl (C=O) groups excluding carboxylic acids is 1. The molecule has 4 nitrogen and oxygen atoms in total. The second kappa shape index (κ2) is 7.66. The quantitative estimate of drug-likeness (QED) is 0.888. The van der Waals surface area contributed by atoms with Gasteiger partial charge in [0.1, 0.15) is 0 Å². The van der Waals surface area contributed by atoms with Gasteiger partial charge in [-0.25, -0.2) is 0 Å². The predicted molar refractivity (Wildman–Crippen MR) is 100 cm³/mol. The first-order valence-corrected chi connectivity index (χ1v) is 9.33. The van der Waals surface area contributed by atoms with Crippen LogP contribution < -0.4 is 5.73 Å². The van der Waals surface area contributed by atoms with Gasteiger partial charge in [0.2, 0.25) is 5.91 Å². The molecular formula is C18H22ClN3OS. The largest absolute Gasteiger partial charge is 0.368 e. The lowest BCUT2D eigenvalue weighted by Crippen LogP contribution is -2.52. The van der Waals surface area contributed by atoms with E-state index in [9.17, 15) is 4.79 Å². The Hall–Kier alpha value is -1.40. The number of hydrogen-bond donors (Lipinski definition) is 1. The molecule has 1 atom stereocenters. The molecule has 128 valence electrons. The van der Waals surface area contributed by atoms with E-state index in [1.807, 2.05) is 30.4 Å². The van der Waals surface area contributed by atoms with Crippen LogP contribution in [-0.4, -0.2) is 47.9 Å². The van der Waals surface area contributed by atoms with Crippen LogP contribution in [0.15, 0.2) is 36.4 Å². The standard InChI is InChI=1S/C18H22ClN3OS/c1-13(18(20)23)22-10-8-21(9-11-22)12-16-6-7-17(24-16)14-2-4-15(19)5-3-14/h2-7,13H,8-12H2,1H3,(H2,20,23). The zero-order valence-corrected chi connectivity index (χ0v) is 15.3. The first-order valence-electron chi connectivity index (χ1n) is 8.13. The Balaban J connectivity index is 1.56. The molecule has 1 amide bonds. The number of benzene rings is 1. The van der Waals surface area contributed by atoms with Gasteiger partial charge in [-0.15, -0.1) is 11.3 Å². The van der Waals surface area contributed by atoms with Gasteiger partial charge in [-0.05, 0) is 36.8 Å². The Morgan fingerprint density at radius 3 is 2.46 bits per heavy atom.